The quantitative estimate of drug-likeness (QED) is 0.743. The lowest BCUT2D eigenvalue weighted by Gasteiger charge is -2.30. The average molecular weight is 206 g/mol. The molecule has 1 atom stereocenters. The highest BCUT2D eigenvalue weighted by Gasteiger charge is 2.16. The standard InChI is InChI=1S/C11H18N4/c12-10-2-1-5-15(8-10)7-9-3-4-11(13)14-6-9/h3-4,6,10H,1-2,5,7-8,12H2,(H2,13,14)/t10-/m0/s1. The minimum Gasteiger partial charge on any atom is -0.384 e. The highest BCUT2D eigenvalue weighted by molar-refractivity contribution is 5.29. The first-order chi connectivity index (χ1) is 7.24. The zero-order valence-corrected chi connectivity index (χ0v) is 8.89. The number of nitrogens with zero attached hydrogens (tertiary/aromatic N) is 2. The Hall–Kier alpha value is -1.13. The van der Waals surface area contributed by atoms with Crippen molar-refractivity contribution in [3.8, 4) is 0 Å². The maximum atomic E-state index is 5.93. The van der Waals surface area contributed by atoms with Crippen molar-refractivity contribution in [3.05, 3.63) is 23.9 Å². The number of pyridine rings is 1. The van der Waals surface area contributed by atoms with Crippen LogP contribution in [0.15, 0.2) is 18.3 Å². The number of hydrogen-bond acceptors (Lipinski definition) is 4. The molecule has 0 bridgehead atoms. The molecule has 4 heteroatoms. The molecule has 0 amide bonds. The maximum Gasteiger partial charge on any atom is 0.123 e. The molecule has 1 aromatic rings. The van der Waals surface area contributed by atoms with Gasteiger partial charge in [0.2, 0.25) is 0 Å². The number of piperidine rings is 1. The minimum absolute atomic E-state index is 0.334. The van der Waals surface area contributed by atoms with Gasteiger partial charge in [-0.3, -0.25) is 4.90 Å². The molecule has 82 valence electrons. The van der Waals surface area contributed by atoms with E-state index in [1.807, 2.05) is 18.3 Å². The molecule has 1 saturated heterocycles. The summed E-state index contributed by atoms with van der Waals surface area (Å²) in [6, 6.07) is 4.21. The molecule has 0 aromatic carbocycles. The van der Waals surface area contributed by atoms with Gasteiger partial charge in [0, 0.05) is 25.3 Å². The second-order valence-corrected chi connectivity index (χ2v) is 4.23. The lowest BCUT2D eigenvalue weighted by atomic mass is 10.1. The summed E-state index contributed by atoms with van der Waals surface area (Å²) in [5.74, 6) is 0.578. The van der Waals surface area contributed by atoms with Gasteiger partial charge in [-0.15, -0.1) is 0 Å². The molecule has 2 rings (SSSR count). The van der Waals surface area contributed by atoms with Crippen molar-refractivity contribution in [1.82, 2.24) is 9.88 Å². The zero-order valence-electron chi connectivity index (χ0n) is 8.89. The van der Waals surface area contributed by atoms with E-state index in [1.165, 1.54) is 12.0 Å². The molecule has 0 saturated carbocycles. The second kappa shape index (κ2) is 4.59. The molecule has 0 aliphatic carbocycles. The molecular formula is C11H18N4. The van der Waals surface area contributed by atoms with Crippen molar-refractivity contribution in [1.29, 1.82) is 0 Å². The van der Waals surface area contributed by atoms with Crippen molar-refractivity contribution < 1.29 is 0 Å². The van der Waals surface area contributed by atoms with Crippen molar-refractivity contribution in [3.63, 3.8) is 0 Å². The van der Waals surface area contributed by atoms with Gasteiger partial charge in [0.15, 0.2) is 0 Å². The fourth-order valence-electron chi connectivity index (χ4n) is 2.02. The van der Waals surface area contributed by atoms with Crippen LogP contribution in [0.4, 0.5) is 5.82 Å². The summed E-state index contributed by atoms with van der Waals surface area (Å²) in [6.07, 6.45) is 4.19. The molecule has 15 heavy (non-hydrogen) atoms. The molecule has 0 radical (unpaired) electrons. The van der Waals surface area contributed by atoms with Gasteiger partial charge < -0.3 is 11.5 Å². The third-order valence-electron chi connectivity index (χ3n) is 2.80. The van der Waals surface area contributed by atoms with Crippen LogP contribution < -0.4 is 11.5 Å². The van der Waals surface area contributed by atoms with Crippen LogP contribution in [0.2, 0.25) is 0 Å². The van der Waals surface area contributed by atoms with Crippen LogP contribution in [0.3, 0.4) is 0 Å². The Morgan fingerprint density at radius 1 is 1.47 bits per heavy atom. The van der Waals surface area contributed by atoms with Crippen LogP contribution >= 0.6 is 0 Å². The van der Waals surface area contributed by atoms with Gasteiger partial charge in [-0.05, 0) is 31.0 Å². The van der Waals surface area contributed by atoms with Crippen LogP contribution in [0.5, 0.6) is 0 Å². The van der Waals surface area contributed by atoms with E-state index in [0.29, 0.717) is 11.9 Å². The Morgan fingerprint density at radius 3 is 3.00 bits per heavy atom. The van der Waals surface area contributed by atoms with Crippen molar-refractivity contribution in [2.45, 2.75) is 25.4 Å². The number of anilines is 1. The van der Waals surface area contributed by atoms with Gasteiger partial charge in [0.25, 0.3) is 0 Å². The molecule has 4 nitrogen and oxygen atoms in total. The summed E-state index contributed by atoms with van der Waals surface area (Å²) >= 11 is 0. The van der Waals surface area contributed by atoms with Gasteiger partial charge in [-0.2, -0.15) is 0 Å². The largest absolute Gasteiger partial charge is 0.384 e. The van der Waals surface area contributed by atoms with E-state index in [-0.39, 0.29) is 0 Å². The maximum absolute atomic E-state index is 5.93. The second-order valence-electron chi connectivity index (χ2n) is 4.23. The van der Waals surface area contributed by atoms with E-state index < -0.39 is 0 Å². The molecule has 2 heterocycles. The van der Waals surface area contributed by atoms with E-state index in [1.54, 1.807) is 0 Å². The third kappa shape index (κ3) is 2.91. The van der Waals surface area contributed by atoms with Crippen LogP contribution in [0.25, 0.3) is 0 Å². The Labute approximate surface area is 90.3 Å². The van der Waals surface area contributed by atoms with Crippen molar-refractivity contribution in [2.75, 3.05) is 18.8 Å². The normalized spacial score (nSPS) is 22.9. The lowest BCUT2D eigenvalue weighted by molar-refractivity contribution is 0.201. The average Bonchev–Trinajstić information content (AvgIpc) is 2.22. The number of nitrogens with two attached hydrogens (primary N) is 2. The molecule has 1 aliphatic rings. The predicted molar refractivity (Wildman–Crippen MR) is 61.1 cm³/mol. The Kier molecular flexibility index (Phi) is 3.18. The van der Waals surface area contributed by atoms with E-state index in [4.69, 9.17) is 11.5 Å². The number of likely N-dealkylation sites (tertiary alicyclic amines) is 1. The fraction of sp³-hybridized carbons (Fsp3) is 0.545. The van der Waals surface area contributed by atoms with Crippen LogP contribution in [-0.4, -0.2) is 29.0 Å². The van der Waals surface area contributed by atoms with Crippen LogP contribution in [-0.2, 0) is 6.54 Å². The van der Waals surface area contributed by atoms with E-state index in [2.05, 4.69) is 9.88 Å². The van der Waals surface area contributed by atoms with E-state index >= 15 is 0 Å². The Balaban J connectivity index is 1.93. The number of rotatable bonds is 2. The fourth-order valence-corrected chi connectivity index (χ4v) is 2.02. The Bertz CT molecular complexity index is 309. The zero-order chi connectivity index (χ0) is 10.7. The van der Waals surface area contributed by atoms with Gasteiger partial charge in [-0.25, -0.2) is 4.98 Å². The monoisotopic (exact) mass is 206 g/mol. The summed E-state index contributed by atoms with van der Waals surface area (Å²) in [7, 11) is 0. The molecule has 0 unspecified atom stereocenters. The first-order valence-electron chi connectivity index (χ1n) is 5.42. The summed E-state index contributed by atoms with van der Waals surface area (Å²) < 4.78 is 0. The molecule has 1 fully saturated rings. The molecule has 1 aromatic heterocycles. The smallest absolute Gasteiger partial charge is 0.123 e. The van der Waals surface area contributed by atoms with Crippen molar-refractivity contribution in [2.24, 2.45) is 5.73 Å². The SMILES string of the molecule is Nc1ccc(CN2CCC[C@H](N)C2)cn1. The highest BCUT2D eigenvalue weighted by atomic mass is 15.1. The topological polar surface area (TPSA) is 68.2 Å². The Morgan fingerprint density at radius 2 is 2.33 bits per heavy atom. The molecule has 1 aliphatic heterocycles. The van der Waals surface area contributed by atoms with E-state index in [9.17, 15) is 0 Å². The van der Waals surface area contributed by atoms with Gasteiger partial charge in [0.05, 0.1) is 0 Å². The molecule has 4 N–H and O–H groups in total. The first-order valence-corrected chi connectivity index (χ1v) is 5.42. The predicted octanol–water partition coefficient (Wildman–Crippen LogP) is 0.587. The third-order valence-corrected chi connectivity index (χ3v) is 2.80. The first kappa shape index (κ1) is 10.4. The number of nitrogen functional groups attached to an aromatic ring is 1. The summed E-state index contributed by atoms with van der Waals surface area (Å²) in [5, 5.41) is 0. The number of hydrogen-bond donors (Lipinski definition) is 2. The van der Waals surface area contributed by atoms with Crippen LogP contribution in [0, 0.1) is 0 Å². The van der Waals surface area contributed by atoms with Gasteiger partial charge >= 0.3 is 0 Å². The number of aromatic nitrogens is 1. The highest BCUT2D eigenvalue weighted by Crippen LogP contribution is 2.12. The van der Waals surface area contributed by atoms with Crippen molar-refractivity contribution >= 4 is 5.82 Å². The summed E-state index contributed by atoms with van der Waals surface area (Å²) in [4.78, 5) is 6.46. The van der Waals surface area contributed by atoms with Gasteiger partial charge in [0.1, 0.15) is 5.82 Å². The minimum atomic E-state index is 0.334. The molecular weight excluding hydrogens is 188 g/mol. The summed E-state index contributed by atoms with van der Waals surface area (Å²) in [6.45, 7) is 3.06. The van der Waals surface area contributed by atoms with Crippen LogP contribution in [0.1, 0.15) is 18.4 Å². The molecule has 0 spiro atoms. The van der Waals surface area contributed by atoms with Gasteiger partial charge in [-0.1, -0.05) is 6.07 Å². The summed E-state index contributed by atoms with van der Waals surface area (Å²) in [5.41, 5.74) is 12.7. The lowest BCUT2D eigenvalue weighted by Crippen LogP contribution is -2.42. The van der Waals surface area contributed by atoms with E-state index in [0.717, 1.165) is 26.1 Å².